The summed E-state index contributed by atoms with van der Waals surface area (Å²) in [6.45, 7) is 0. The third-order valence-electron chi connectivity index (χ3n) is 3.37. The molecule has 2 aliphatic rings. The average Bonchev–Trinajstić information content (AvgIpc) is 2.04. The van der Waals surface area contributed by atoms with Gasteiger partial charge in [0.15, 0.2) is 0 Å². The molecule has 2 aliphatic carbocycles. The first kappa shape index (κ1) is 8.24. The van der Waals surface area contributed by atoms with Gasteiger partial charge in [-0.2, -0.15) is 0 Å². The topological polar surface area (TPSA) is 37.3 Å². The minimum absolute atomic E-state index is 0.00694. The summed E-state index contributed by atoms with van der Waals surface area (Å²) in [5.74, 6) is 0.834. The van der Waals surface area contributed by atoms with Gasteiger partial charge in [0.2, 0.25) is 0 Å². The highest BCUT2D eigenvalue weighted by molar-refractivity contribution is 5.82. The van der Waals surface area contributed by atoms with Gasteiger partial charge in [0, 0.05) is 12.3 Å². The van der Waals surface area contributed by atoms with Gasteiger partial charge in [0.25, 0.3) is 0 Å². The molecule has 2 nitrogen and oxygen atoms in total. The molecule has 3 atom stereocenters. The lowest BCUT2D eigenvalue weighted by molar-refractivity contribution is -0.133. The van der Waals surface area contributed by atoms with Crippen LogP contribution in [0.4, 0.5) is 0 Å². The Balaban J connectivity index is 2.12. The number of aliphatic hydroxyl groups excluding tert-OH is 1. The van der Waals surface area contributed by atoms with Gasteiger partial charge < -0.3 is 5.11 Å². The first-order valence-electron chi connectivity index (χ1n) is 5.00. The summed E-state index contributed by atoms with van der Waals surface area (Å²) in [7, 11) is 0. The fraction of sp³-hybridized carbons (Fsp3) is 0.900. The van der Waals surface area contributed by atoms with Gasteiger partial charge in [-0.3, -0.25) is 4.79 Å². The number of Topliss-reactive ketones (excluding diaryl/α,β-unsaturated/α-hetero) is 1. The van der Waals surface area contributed by atoms with Crippen molar-refractivity contribution in [1.29, 1.82) is 0 Å². The molecule has 0 aromatic rings. The number of rotatable bonds is 0. The summed E-state index contributed by atoms with van der Waals surface area (Å²) in [5.41, 5.74) is 0. The molecular weight excluding hydrogens is 152 g/mol. The van der Waals surface area contributed by atoms with E-state index in [0.29, 0.717) is 18.1 Å². The van der Waals surface area contributed by atoms with E-state index in [2.05, 4.69) is 0 Å². The monoisotopic (exact) mass is 168 g/mol. The van der Waals surface area contributed by atoms with Crippen LogP contribution in [0.25, 0.3) is 0 Å². The van der Waals surface area contributed by atoms with Crippen LogP contribution in [0.2, 0.25) is 0 Å². The third kappa shape index (κ3) is 1.28. The van der Waals surface area contributed by atoms with E-state index in [1.54, 1.807) is 0 Å². The van der Waals surface area contributed by atoms with E-state index in [-0.39, 0.29) is 12.0 Å². The van der Waals surface area contributed by atoms with E-state index >= 15 is 0 Å². The highest BCUT2D eigenvalue weighted by atomic mass is 16.3. The molecule has 0 amide bonds. The minimum atomic E-state index is -0.323. The van der Waals surface area contributed by atoms with Crippen LogP contribution in [0.15, 0.2) is 0 Å². The molecule has 0 spiro atoms. The summed E-state index contributed by atoms with van der Waals surface area (Å²) in [6.07, 6.45) is 5.70. The van der Waals surface area contributed by atoms with Gasteiger partial charge in [-0.15, -0.1) is 0 Å². The zero-order valence-electron chi connectivity index (χ0n) is 7.33. The summed E-state index contributed by atoms with van der Waals surface area (Å²) in [5, 5.41) is 9.65. The maximum atomic E-state index is 11.5. The third-order valence-corrected chi connectivity index (χ3v) is 3.37. The van der Waals surface area contributed by atoms with Crippen LogP contribution in [0, 0.1) is 11.8 Å². The molecule has 3 unspecified atom stereocenters. The minimum Gasteiger partial charge on any atom is -0.392 e. The van der Waals surface area contributed by atoms with Crippen molar-refractivity contribution in [2.45, 2.75) is 44.6 Å². The SMILES string of the molecule is O=C1CCCC2CCCC(O)C12. The van der Waals surface area contributed by atoms with Gasteiger partial charge in [-0.05, 0) is 31.6 Å². The maximum Gasteiger partial charge on any atom is 0.138 e. The van der Waals surface area contributed by atoms with Gasteiger partial charge in [0.1, 0.15) is 5.78 Å². The number of hydrogen-bond donors (Lipinski definition) is 1. The highest BCUT2D eigenvalue weighted by Crippen LogP contribution is 2.38. The van der Waals surface area contributed by atoms with Crippen LogP contribution in [0.5, 0.6) is 0 Å². The Labute approximate surface area is 73.0 Å². The number of hydrogen-bond acceptors (Lipinski definition) is 2. The number of fused-ring (bicyclic) bond motifs is 1. The quantitative estimate of drug-likeness (QED) is 0.595. The summed E-state index contributed by atoms with van der Waals surface area (Å²) in [6, 6.07) is 0. The van der Waals surface area contributed by atoms with Crippen LogP contribution < -0.4 is 0 Å². The average molecular weight is 168 g/mol. The van der Waals surface area contributed by atoms with E-state index in [9.17, 15) is 9.90 Å². The lowest BCUT2D eigenvalue weighted by Gasteiger charge is -2.37. The number of ketones is 1. The Morgan fingerprint density at radius 3 is 2.67 bits per heavy atom. The first-order chi connectivity index (χ1) is 5.79. The van der Waals surface area contributed by atoms with E-state index in [1.807, 2.05) is 0 Å². The van der Waals surface area contributed by atoms with Crippen molar-refractivity contribution in [2.24, 2.45) is 11.8 Å². The molecule has 0 saturated heterocycles. The van der Waals surface area contributed by atoms with Crippen LogP contribution in [-0.2, 0) is 4.79 Å². The van der Waals surface area contributed by atoms with E-state index < -0.39 is 0 Å². The lowest BCUT2D eigenvalue weighted by Crippen LogP contribution is -2.40. The Morgan fingerprint density at radius 1 is 1.17 bits per heavy atom. The normalized spacial score (nSPS) is 42.4. The molecule has 0 aromatic heterocycles. The second-order valence-corrected chi connectivity index (χ2v) is 4.14. The number of carbonyl (C=O) groups is 1. The Morgan fingerprint density at radius 2 is 1.92 bits per heavy atom. The number of carbonyl (C=O) groups excluding carboxylic acids is 1. The van der Waals surface area contributed by atoms with Crippen LogP contribution in [0.3, 0.4) is 0 Å². The van der Waals surface area contributed by atoms with Crippen LogP contribution in [-0.4, -0.2) is 17.0 Å². The zero-order valence-corrected chi connectivity index (χ0v) is 7.33. The van der Waals surface area contributed by atoms with Crippen molar-refractivity contribution < 1.29 is 9.90 Å². The molecule has 1 N–H and O–H groups in total. The van der Waals surface area contributed by atoms with Gasteiger partial charge in [0.05, 0.1) is 6.10 Å². The van der Waals surface area contributed by atoms with Gasteiger partial charge in [-0.25, -0.2) is 0 Å². The first-order valence-corrected chi connectivity index (χ1v) is 5.00. The van der Waals surface area contributed by atoms with Crippen molar-refractivity contribution in [1.82, 2.24) is 0 Å². The highest BCUT2D eigenvalue weighted by Gasteiger charge is 2.38. The van der Waals surface area contributed by atoms with Crippen LogP contribution >= 0.6 is 0 Å². The smallest absolute Gasteiger partial charge is 0.138 e. The van der Waals surface area contributed by atoms with E-state index in [1.165, 1.54) is 0 Å². The van der Waals surface area contributed by atoms with E-state index in [4.69, 9.17) is 0 Å². The Bertz CT molecular complexity index is 186. The predicted octanol–water partition coefficient (Wildman–Crippen LogP) is 1.52. The molecular formula is C10H16O2. The maximum absolute atomic E-state index is 11.5. The van der Waals surface area contributed by atoms with Crippen molar-refractivity contribution in [3.63, 3.8) is 0 Å². The molecule has 0 heterocycles. The molecule has 68 valence electrons. The molecule has 0 aliphatic heterocycles. The Kier molecular flexibility index (Phi) is 2.18. The van der Waals surface area contributed by atoms with Crippen molar-refractivity contribution in [2.75, 3.05) is 0 Å². The molecule has 0 radical (unpaired) electrons. The van der Waals surface area contributed by atoms with Gasteiger partial charge >= 0.3 is 0 Å². The van der Waals surface area contributed by atoms with Gasteiger partial charge in [-0.1, -0.05) is 6.42 Å². The van der Waals surface area contributed by atoms with Crippen molar-refractivity contribution in [3.8, 4) is 0 Å². The predicted molar refractivity (Wildman–Crippen MR) is 45.7 cm³/mol. The summed E-state index contributed by atoms with van der Waals surface area (Å²) < 4.78 is 0. The zero-order chi connectivity index (χ0) is 8.55. The standard InChI is InChI=1S/C10H16O2/c11-8-5-1-3-7-4-2-6-9(12)10(7)8/h7-8,10-11H,1-6H2. The van der Waals surface area contributed by atoms with E-state index in [0.717, 1.165) is 32.1 Å². The largest absolute Gasteiger partial charge is 0.392 e. The van der Waals surface area contributed by atoms with Crippen LogP contribution in [0.1, 0.15) is 38.5 Å². The second-order valence-electron chi connectivity index (χ2n) is 4.14. The molecule has 0 aromatic carbocycles. The molecule has 2 saturated carbocycles. The number of aliphatic hydroxyl groups is 1. The Hall–Kier alpha value is -0.370. The molecule has 12 heavy (non-hydrogen) atoms. The molecule has 2 heteroatoms. The van der Waals surface area contributed by atoms with Crippen molar-refractivity contribution in [3.05, 3.63) is 0 Å². The molecule has 0 bridgehead atoms. The second kappa shape index (κ2) is 3.17. The fourth-order valence-electron chi connectivity index (χ4n) is 2.77. The summed E-state index contributed by atoms with van der Waals surface area (Å²) >= 11 is 0. The summed E-state index contributed by atoms with van der Waals surface area (Å²) in [4.78, 5) is 11.5. The van der Waals surface area contributed by atoms with Crippen molar-refractivity contribution >= 4 is 5.78 Å². The molecule has 2 rings (SSSR count). The molecule has 2 fully saturated rings. The fourth-order valence-corrected chi connectivity index (χ4v) is 2.77. The lowest BCUT2D eigenvalue weighted by atomic mass is 9.69.